The van der Waals surface area contributed by atoms with E-state index in [0.717, 1.165) is 70.0 Å². The number of hydrogen-bond donors (Lipinski definition) is 0. The third-order valence-electron chi connectivity index (χ3n) is 5.24. The Kier molecular flexibility index (Phi) is 6.50. The minimum atomic E-state index is 0.0461. The van der Waals surface area contributed by atoms with Crippen LogP contribution in [0.5, 0.6) is 5.75 Å². The zero-order valence-electron chi connectivity index (χ0n) is 15.7. The number of benzene rings is 1. The van der Waals surface area contributed by atoms with Gasteiger partial charge in [-0.05, 0) is 37.9 Å². The quantitative estimate of drug-likeness (QED) is 0.773. The van der Waals surface area contributed by atoms with E-state index in [9.17, 15) is 9.59 Å². The Morgan fingerprint density at radius 3 is 2.65 bits per heavy atom. The molecule has 3 rings (SSSR count). The topological polar surface area (TPSA) is 53.1 Å². The van der Waals surface area contributed by atoms with Crippen LogP contribution in [0.4, 0.5) is 0 Å². The molecule has 2 fully saturated rings. The molecule has 0 aromatic heterocycles. The molecule has 0 atom stereocenters. The van der Waals surface area contributed by atoms with Crippen LogP contribution in [0.15, 0.2) is 24.3 Å². The summed E-state index contributed by atoms with van der Waals surface area (Å²) in [4.78, 5) is 30.4. The number of para-hydroxylation sites is 1. The van der Waals surface area contributed by atoms with Crippen molar-refractivity contribution in [2.24, 2.45) is 0 Å². The molecule has 0 unspecified atom stereocenters. The monoisotopic (exact) mass is 359 g/mol. The predicted octanol–water partition coefficient (Wildman–Crippen LogP) is 1.53. The van der Waals surface area contributed by atoms with Gasteiger partial charge in [-0.3, -0.25) is 14.5 Å². The molecule has 0 spiro atoms. The Morgan fingerprint density at radius 1 is 1.04 bits per heavy atom. The van der Waals surface area contributed by atoms with Crippen molar-refractivity contribution in [1.82, 2.24) is 14.7 Å². The Hall–Kier alpha value is -2.08. The van der Waals surface area contributed by atoms with Crippen LogP contribution >= 0.6 is 0 Å². The number of nitrogens with zero attached hydrogens (tertiary/aromatic N) is 3. The van der Waals surface area contributed by atoms with Gasteiger partial charge in [0, 0.05) is 45.7 Å². The summed E-state index contributed by atoms with van der Waals surface area (Å²) in [5.41, 5.74) is 1.04. The number of hydrogen-bond acceptors (Lipinski definition) is 4. The molecule has 0 radical (unpaired) electrons. The van der Waals surface area contributed by atoms with Crippen molar-refractivity contribution in [3.63, 3.8) is 0 Å². The number of ether oxygens (including phenoxy) is 1. The van der Waals surface area contributed by atoms with Crippen molar-refractivity contribution in [1.29, 1.82) is 0 Å². The number of carbonyl (C=O) groups excluding carboxylic acids is 2. The van der Waals surface area contributed by atoms with E-state index in [0.29, 0.717) is 6.42 Å². The zero-order valence-corrected chi connectivity index (χ0v) is 15.7. The van der Waals surface area contributed by atoms with Gasteiger partial charge in [0.25, 0.3) is 5.91 Å². The number of amides is 2. The van der Waals surface area contributed by atoms with Crippen LogP contribution in [0.1, 0.15) is 24.8 Å². The number of aryl methyl sites for hydroxylation is 1. The smallest absolute Gasteiger partial charge is 0.260 e. The summed E-state index contributed by atoms with van der Waals surface area (Å²) in [5.74, 6) is 1.10. The van der Waals surface area contributed by atoms with Crippen LogP contribution in [0, 0.1) is 6.92 Å². The molecular formula is C20H29N3O3. The van der Waals surface area contributed by atoms with Crippen molar-refractivity contribution in [2.75, 3.05) is 52.4 Å². The first-order chi connectivity index (χ1) is 12.6. The minimum Gasteiger partial charge on any atom is -0.484 e. The normalized spacial score (nSPS) is 18.9. The average molecular weight is 359 g/mol. The number of likely N-dealkylation sites (tertiary alicyclic amines) is 1. The molecule has 6 nitrogen and oxygen atoms in total. The summed E-state index contributed by atoms with van der Waals surface area (Å²) < 4.78 is 5.70. The Bertz CT molecular complexity index is 634. The van der Waals surface area contributed by atoms with Gasteiger partial charge in [0.1, 0.15) is 5.75 Å². The van der Waals surface area contributed by atoms with E-state index in [1.54, 1.807) is 0 Å². The molecule has 142 valence electrons. The lowest BCUT2D eigenvalue weighted by molar-refractivity contribution is -0.133. The van der Waals surface area contributed by atoms with Crippen molar-refractivity contribution in [3.05, 3.63) is 29.8 Å². The summed E-state index contributed by atoms with van der Waals surface area (Å²) in [7, 11) is 0. The summed E-state index contributed by atoms with van der Waals surface area (Å²) in [6, 6.07) is 7.76. The van der Waals surface area contributed by atoms with Gasteiger partial charge in [-0.1, -0.05) is 18.2 Å². The second kappa shape index (κ2) is 9.03. The van der Waals surface area contributed by atoms with Crippen LogP contribution in [0.2, 0.25) is 0 Å². The van der Waals surface area contributed by atoms with E-state index in [1.165, 1.54) is 0 Å². The van der Waals surface area contributed by atoms with Crippen molar-refractivity contribution >= 4 is 11.8 Å². The van der Waals surface area contributed by atoms with Gasteiger partial charge in [-0.15, -0.1) is 0 Å². The lowest BCUT2D eigenvalue weighted by atomic mass is 10.2. The first kappa shape index (κ1) is 18.7. The van der Waals surface area contributed by atoms with Gasteiger partial charge in [0.05, 0.1) is 0 Å². The summed E-state index contributed by atoms with van der Waals surface area (Å²) in [6.07, 6.45) is 2.65. The minimum absolute atomic E-state index is 0.0461. The van der Waals surface area contributed by atoms with E-state index in [2.05, 4.69) is 4.90 Å². The molecule has 2 amide bonds. The zero-order chi connectivity index (χ0) is 18.4. The van der Waals surface area contributed by atoms with Crippen molar-refractivity contribution in [3.8, 4) is 5.75 Å². The molecule has 0 aliphatic carbocycles. The fraction of sp³-hybridized carbons (Fsp3) is 0.600. The van der Waals surface area contributed by atoms with Crippen LogP contribution in [-0.2, 0) is 9.59 Å². The van der Waals surface area contributed by atoms with Gasteiger partial charge in [-0.25, -0.2) is 0 Å². The fourth-order valence-electron chi connectivity index (χ4n) is 3.60. The first-order valence-corrected chi connectivity index (χ1v) is 9.60. The Morgan fingerprint density at radius 2 is 1.88 bits per heavy atom. The Labute approximate surface area is 155 Å². The third-order valence-corrected chi connectivity index (χ3v) is 5.24. The summed E-state index contributed by atoms with van der Waals surface area (Å²) in [5, 5.41) is 0. The average Bonchev–Trinajstić information content (AvgIpc) is 2.91. The van der Waals surface area contributed by atoms with E-state index < -0.39 is 0 Å². The fourth-order valence-corrected chi connectivity index (χ4v) is 3.60. The Balaban J connectivity index is 1.42. The summed E-state index contributed by atoms with van der Waals surface area (Å²) >= 11 is 0. The van der Waals surface area contributed by atoms with Gasteiger partial charge < -0.3 is 14.5 Å². The van der Waals surface area contributed by atoms with Crippen molar-refractivity contribution < 1.29 is 14.3 Å². The second-order valence-corrected chi connectivity index (χ2v) is 7.11. The van der Waals surface area contributed by atoms with E-state index in [4.69, 9.17) is 4.74 Å². The highest BCUT2D eigenvalue weighted by atomic mass is 16.5. The highest BCUT2D eigenvalue weighted by Crippen LogP contribution is 2.16. The molecule has 2 saturated heterocycles. The molecule has 1 aromatic rings. The van der Waals surface area contributed by atoms with Crippen LogP contribution < -0.4 is 4.74 Å². The van der Waals surface area contributed by atoms with E-state index in [-0.39, 0.29) is 18.4 Å². The van der Waals surface area contributed by atoms with E-state index in [1.807, 2.05) is 41.0 Å². The molecule has 2 aliphatic heterocycles. The first-order valence-electron chi connectivity index (χ1n) is 9.60. The maximum absolute atomic E-state index is 12.5. The molecule has 2 aliphatic rings. The molecular weight excluding hydrogens is 330 g/mol. The largest absolute Gasteiger partial charge is 0.484 e. The molecule has 1 aromatic carbocycles. The standard InChI is InChI=1S/C20H29N3O3/c1-17-6-2-3-7-18(17)26-16-20(25)23-11-5-9-21(13-15-23)12-14-22-10-4-8-19(22)24/h2-3,6-7H,4-5,8-16H2,1H3. The molecule has 0 saturated carbocycles. The third kappa shape index (κ3) is 4.97. The van der Waals surface area contributed by atoms with Gasteiger partial charge in [-0.2, -0.15) is 0 Å². The second-order valence-electron chi connectivity index (χ2n) is 7.11. The van der Waals surface area contributed by atoms with Crippen LogP contribution in [-0.4, -0.2) is 78.9 Å². The van der Waals surface area contributed by atoms with Crippen LogP contribution in [0.3, 0.4) is 0 Å². The van der Waals surface area contributed by atoms with E-state index >= 15 is 0 Å². The highest BCUT2D eigenvalue weighted by molar-refractivity contribution is 5.78. The van der Waals surface area contributed by atoms with Gasteiger partial charge in [0.2, 0.25) is 5.91 Å². The lowest BCUT2D eigenvalue weighted by Crippen LogP contribution is -2.40. The van der Waals surface area contributed by atoms with Crippen LogP contribution in [0.25, 0.3) is 0 Å². The molecule has 0 N–H and O–H groups in total. The predicted molar refractivity (Wildman–Crippen MR) is 100 cm³/mol. The lowest BCUT2D eigenvalue weighted by Gasteiger charge is -2.24. The molecule has 0 bridgehead atoms. The maximum Gasteiger partial charge on any atom is 0.260 e. The van der Waals surface area contributed by atoms with Gasteiger partial charge >= 0.3 is 0 Å². The molecule has 26 heavy (non-hydrogen) atoms. The van der Waals surface area contributed by atoms with Crippen molar-refractivity contribution in [2.45, 2.75) is 26.2 Å². The molecule has 2 heterocycles. The SMILES string of the molecule is Cc1ccccc1OCC(=O)N1CCCN(CCN2CCCC2=O)CC1. The number of carbonyl (C=O) groups is 2. The van der Waals surface area contributed by atoms with Gasteiger partial charge in [0.15, 0.2) is 6.61 Å². The summed E-state index contributed by atoms with van der Waals surface area (Å²) in [6.45, 7) is 8.01. The highest BCUT2D eigenvalue weighted by Gasteiger charge is 2.23. The number of rotatable bonds is 6. The maximum atomic E-state index is 12.5. The molecule has 6 heteroatoms.